The first-order chi connectivity index (χ1) is 3.18. The van der Waals surface area contributed by atoms with Crippen molar-refractivity contribution in [2.75, 3.05) is 0 Å². The van der Waals surface area contributed by atoms with Gasteiger partial charge in [0, 0.05) is 0 Å². The molecule has 0 bridgehead atoms. The highest BCUT2D eigenvalue weighted by molar-refractivity contribution is 5.17. The van der Waals surface area contributed by atoms with E-state index >= 15 is 0 Å². The van der Waals surface area contributed by atoms with Crippen LogP contribution in [0, 0.1) is 6.58 Å². The topological polar surface area (TPSA) is 0 Å². The summed E-state index contributed by atoms with van der Waals surface area (Å²) in [6, 6.07) is 0. The van der Waals surface area contributed by atoms with E-state index in [2.05, 4.69) is 0 Å². The van der Waals surface area contributed by atoms with Crippen LogP contribution in [0.4, 0.5) is 0 Å². The van der Waals surface area contributed by atoms with E-state index in [1.807, 2.05) is 20.8 Å². The van der Waals surface area contributed by atoms with Gasteiger partial charge in [-0.1, -0.05) is 23.8 Å². The molecule has 1 radical (unpaired) electrons. The zero-order valence-corrected chi connectivity index (χ0v) is 5.15. The predicted octanol–water partition coefficient (Wildman–Crippen LogP) is 2.33. The van der Waals surface area contributed by atoms with Crippen molar-refractivity contribution in [2.24, 2.45) is 0 Å². The van der Waals surface area contributed by atoms with Gasteiger partial charge in [0.05, 0.1) is 0 Å². The van der Waals surface area contributed by atoms with E-state index in [0.29, 0.717) is 0 Å². The molecule has 0 saturated heterocycles. The van der Waals surface area contributed by atoms with Gasteiger partial charge in [0.2, 0.25) is 0 Å². The Morgan fingerprint density at radius 2 is 1.71 bits per heavy atom. The van der Waals surface area contributed by atoms with E-state index in [1.165, 1.54) is 11.1 Å². The third-order valence-corrected chi connectivity index (χ3v) is 1.04. The van der Waals surface area contributed by atoms with Crippen LogP contribution in [0.25, 0.3) is 0 Å². The molecule has 0 saturated carbocycles. The van der Waals surface area contributed by atoms with E-state index in [9.17, 15) is 0 Å². The highest BCUT2D eigenvalue weighted by Gasteiger charge is 1.79. The van der Waals surface area contributed by atoms with Crippen molar-refractivity contribution in [1.29, 1.82) is 0 Å². The maximum Gasteiger partial charge on any atom is -0.0398 e. The van der Waals surface area contributed by atoms with Crippen LogP contribution in [0.2, 0.25) is 0 Å². The highest BCUT2D eigenvalue weighted by Crippen LogP contribution is 2.00. The molecule has 0 aliphatic carbocycles. The summed E-state index contributed by atoms with van der Waals surface area (Å²) in [5, 5.41) is 0. The minimum atomic E-state index is 1.17. The zero-order chi connectivity index (χ0) is 5.86. The van der Waals surface area contributed by atoms with Gasteiger partial charge in [-0.25, -0.2) is 0 Å². The number of hydrogen-bond acceptors (Lipinski definition) is 0. The molecule has 0 heterocycles. The Hall–Kier alpha value is -0.520. The van der Waals surface area contributed by atoms with Crippen molar-refractivity contribution in [2.45, 2.75) is 20.8 Å². The Bertz CT molecular complexity index is 92.6. The van der Waals surface area contributed by atoms with Gasteiger partial charge < -0.3 is 0 Å². The summed E-state index contributed by atoms with van der Waals surface area (Å²) >= 11 is 0. The lowest BCUT2D eigenvalue weighted by Gasteiger charge is -1.90. The molecule has 7 heavy (non-hydrogen) atoms. The second-order valence-corrected chi connectivity index (χ2v) is 1.85. The molecule has 0 atom stereocenters. The predicted molar refractivity (Wildman–Crippen MR) is 32.9 cm³/mol. The van der Waals surface area contributed by atoms with Crippen LogP contribution < -0.4 is 0 Å². The Kier molecular flexibility index (Phi) is 2.42. The summed E-state index contributed by atoms with van der Waals surface area (Å²) in [5.74, 6) is 0. The van der Waals surface area contributed by atoms with Crippen LogP contribution in [0.3, 0.4) is 0 Å². The first kappa shape index (κ1) is 6.48. The van der Waals surface area contributed by atoms with Gasteiger partial charge in [-0.15, -0.1) is 0 Å². The van der Waals surface area contributed by atoms with Crippen molar-refractivity contribution in [3.8, 4) is 0 Å². The molecule has 0 aromatic carbocycles. The van der Waals surface area contributed by atoms with Crippen LogP contribution in [0.1, 0.15) is 20.8 Å². The van der Waals surface area contributed by atoms with Gasteiger partial charge in [0.15, 0.2) is 0 Å². The van der Waals surface area contributed by atoms with Gasteiger partial charge in [0.1, 0.15) is 0 Å². The minimum absolute atomic E-state index is 1.17. The van der Waals surface area contributed by atoms with Crippen LogP contribution in [-0.4, -0.2) is 0 Å². The lowest BCUT2D eigenvalue weighted by Crippen LogP contribution is -1.69. The van der Waals surface area contributed by atoms with Gasteiger partial charge in [0.25, 0.3) is 0 Å². The molecule has 0 unspecified atom stereocenters. The SMILES string of the molecule is [CH]=CC(C)=C(C)C. The molecule has 0 fully saturated rings. The van der Waals surface area contributed by atoms with Crippen LogP contribution in [-0.2, 0) is 0 Å². The summed E-state index contributed by atoms with van der Waals surface area (Å²) in [4.78, 5) is 0. The molecule has 0 rings (SSSR count). The summed E-state index contributed by atoms with van der Waals surface area (Å²) in [6.07, 6.45) is 1.62. The van der Waals surface area contributed by atoms with E-state index in [0.717, 1.165) is 0 Å². The summed E-state index contributed by atoms with van der Waals surface area (Å²) in [7, 11) is 0. The lowest BCUT2D eigenvalue weighted by atomic mass is 10.2. The Morgan fingerprint density at radius 1 is 1.29 bits per heavy atom. The van der Waals surface area contributed by atoms with E-state index < -0.39 is 0 Å². The lowest BCUT2D eigenvalue weighted by molar-refractivity contribution is 1.29. The number of allylic oxidation sites excluding steroid dienone is 3. The van der Waals surface area contributed by atoms with Crippen molar-refractivity contribution in [3.05, 3.63) is 23.8 Å². The third-order valence-electron chi connectivity index (χ3n) is 1.04. The standard InChI is InChI=1S/C7H11/c1-5-7(4)6(2)3/h1,5H,2-4H3. The Balaban J connectivity index is 3.98. The van der Waals surface area contributed by atoms with Crippen LogP contribution >= 0.6 is 0 Å². The average Bonchev–Trinajstić information content (AvgIpc) is 1.65. The normalized spacial score (nSPS) is 7.86. The molecule has 0 aliphatic rings. The Labute approximate surface area is 45.5 Å². The van der Waals surface area contributed by atoms with Crippen molar-refractivity contribution < 1.29 is 0 Å². The summed E-state index contributed by atoms with van der Waals surface area (Å²) in [6.45, 7) is 11.3. The number of hydrogen-bond donors (Lipinski definition) is 0. The fraction of sp³-hybridized carbons (Fsp3) is 0.429. The smallest absolute Gasteiger partial charge is 0.0398 e. The minimum Gasteiger partial charge on any atom is -0.0735 e. The maximum atomic E-state index is 5.19. The average molecular weight is 95.2 g/mol. The van der Waals surface area contributed by atoms with Crippen LogP contribution in [0.5, 0.6) is 0 Å². The molecule has 0 amide bonds. The third kappa shape index (κ3) is 2.21. The summed E-state index contributed by atoms with van der Waals surface area (Å²) < 4.78 is 0. The second kappa shape index (κ2) is 2.62. The van der Waals surface area contributed by atoms with E-state index in [1.54, 1.807) is 6.08 Å². The largest absolute Gasteiger partial charge is 0.0735 e. The van der Waals surface area contributed by atoms with E-state index in [-0.39, 0.29) is 0 Å². The van der Waals surface area contributed by atoms with Crippen LogP contribution in [0.15, 0.2) is 17.2 Å². The van der Waals surface area contributed by atoms with Gasteiger partial charge in [-0.05, 0) is 20.8 Å². The van der Waals surface area contributed by atoms with Crippen molar-refractivity contribution >= 4 is 0 Å². The molecule has 39 valence electrons. The fourth-order valence-corrected chi connectivity index (χ4v) is 0.167. The first-order valence-corrected chi connectivity index (χ1v) is 2.37. The molecule has 0 heteroatoms. The van der Waals surface area contributed by atoms with E-state index in [4.69, 9.17) is 6.58 Å². The monoisotopic (exact) mass is 95.1 g/mol. The molecule has 0 nitrogen and oxygen atoms in total. The van der Waals surface area contributed by atoms with Crippen molar-refractivity contribution in [3.63, 3.8) is 0 Å². The molecular formula is C7H11. The molecule has 0 spiro atoms. The number of rotatable bonds is 1. The van der Waals surface area contributed by atoms with Gasteiger partial charge >= 0.3 is 0 Å². The molecule has 0 aromatic rings. The summed E-state index contributed by atoms with van der Waals surface area (Å²) in [5.41, 5.74) is 2.45. The molecular weight excluding hydrogens is 84.1 g/mol. The Morgan fingerprint density at radius 3 is 1.71 bits per heavy atom. The highest BCUT2D eigenvalue weighted by atomic mass is 13.9. The zero-order valence-electron chi connectivity index (χ0n) is 5.15. The first-order valence-electron chi connectivity index (χ1n) is 2.37. The molecule has 0 aromatic heterocycles. The van der Waals surface area contributed by atoms with Gasteiger partial charge in [-0.3, -0.25) is 0 Å². The quantitative estimate of drug-likeness (QED) is 0.438. The molecule has 0 aliphatic heterocycles. The molecule has 0 N–H and O–H groups in total. The fourth-order valence-electron chi connectivity index (χ4n) is 0.167. The van der Waals surface area contributed by atoms with Crippen molar-refractivity contribution in [1.82, 2.24) is 0 Å². The second-order valence-electron chi connectivity index (χ2n) is 1.85. The maximum absolute atomic E-state index is 5.19. The van der Waals surface area contributed by atoms with Gasteiger partial charge in [-0.2, -0.15) is 0 Å².